The lowest BCUT2D eigenvalue weighted by Crippen LogP contribution is -2.04. The maximum absolute atomic E-state index is 5.47. The summed E-state index contributed by atoms with van der Waals surface area (Å²) in [7, 11) is 0. The van der Waals surface area contributed by atoms with E-state index in [-0.39, 0.29) is 0 Å². The lowest BCUT2D eigenvalue weighted by atomic mass is 9.94. The summed E-state index contributed by atoms with van der Waals surface area (Å²) < 4.78 is 4.69. The number of nitrogens with zero attached hydrogens (tertiary/aromatic N) is 4. The van der Waals surface area contributed by atoms with Gasteiger partial charge in [-0.15, -0.1) is 0 Å². The maximum atomic E-state index is 5.47. The minimum absolute atomic E-state index is 0.638. The molecule has 0 aliphatic rings. The Kier molecular flexibility index (Phi) is 7.95. The van der Waals surface area contributed by atoms with Gasteiger partial charge in [-0.05, 0) is 103 Å². The van der Waals surface area contributed by atoms with Gasteiger partial charge in [0.05, 0.1) is 33.5 Å². The molecule has 4 heteroatoms. The molecular weight excluding hydrogens is 801 g/mol. The van der Waals surface area contributed by atoms with Crippen molar-refractivity contribution < 1.29 is 0 Å². The van der Waals surface area contributed by atoms with Crippen LogP contribution in [0.2, 0.25) is 0 Å². The normalized spacial score (nSPS) is 11.9. The lowest BCUT2D eigenvalue weighted by Gasteiger charge is -2.14. The molecule has 0 aliphatic carbocycles. The van der Waals surface area contributed by atoms with Crippen LogP contribution in [0.4, 0.5) is 0 Å². The molecule has 4 nitrogen and oxygen atoms in total. The van der Waals surface area contributed by atoms with Crippen molar-refractivity contribution >= 4 is 75.9 Å². The number of rotatable bonds is 6. The monoisotopic (exact) mass is 838 g/mol. The van der Waals surface area contributed by atoms with Crippen LogP contribution in [-0.4, -0.2) is 19.1 Å². The fraction of sp³-hybridized carbons (Fsp3) is 0. The molecule has 0 amide bonds. The standard InChI is InChI=1S/C62H38N4/c1-2-13-39(14-3-1)40-27-31-45(32-28-40)65-58-26-12-19-43-29-33-52-48(34-36-59(65)61(52)60(43)58)44-30-35-57-53(37-44)51-22-8-9-25-56(51)66(57)62-63-54(49-23-10-17-41-15-4-6-20-46(41)49)38-55(64-62)50-24-11-18-42-16-5-7-21-47(42)50/h1-38H. The van der Waals surface area contributed by atoms with Gasteiger partial charge >= 0.3 is 0 Å². The van der Waals surface area contributed by atoms with E-state index in [4.69, 9.17) is 9.97 Å². The van der Waals surface area contributed by atoms with E-state index in [1.807, 2.05) is 0 Å². The van der Waals surface area contributed by atoms with Crippen LogP contribution >= 0.6 is 0 Å². The molecule has 66 heavy (non-hydrogen) atoms. The number of aromatic nitrogens is 4. The zero-order valence-corrected chi connectivity index (χ0v) is 35.7. The first-order valence-corrected chi connectivity index (χ1v) is 22.6. The van der Waals surface area contributed by atoms with Gasteiger partial charge in [0.2, 0.25) is 5.95 Å². The van der Waals surface area contributed by atoms with Crippen LogP contribution in [0.25, 0.3) is 132 Å². The van der Waals surface area contributed by atoms with Gasteiger partial charge in [0.1, 0.15) is 0 Å². The Hall–Kier alpha value is -8.86. The predicted octanol–water partition coefficient (Wildman–Crippen LogP) is 16.2. The number of para-hydroxylation sites is 1. The highest BCUT2D eigenvalue weighted by Gasteiger charge is 2.22. The molecule has 0 saturated heterocycles. The Morgan fingerprint density at radius 3 is 1.56 bits per heavy atom. The minimum Gasteiger partial charge on any atom is -0.309 e. The molecule has 0 atom stereocenters. The average Bonchev–Trinajstić information content (AvgIpc) is 3.91. The van der Waals surface area contributed by atoms with Gasteiger partial charge in [0.15, 0.2) is 0 Å². The molecule has 0 bridgehead atoms. The fourth-order valence-electron chi connectivity index (χ4n) is 10.7. The van der Waals surface area contributed by atoms with Crippen molar-refractivity contribution in [2.24, 2.45) is 0 Å². The highest BCUT2D eigenvalue weighted by Crippen LogP contribution is 2.44. The van der Waals surface area contributed by atoms with E-state index in [2.05, 4.69) is 240 Å². The van der Waals surface area contributed by atoms with Crippen molar-refractivity contribution in [2.75, 3.05) is 0 Å². The SMILES string of the molecule is c1ccc(-c2ccc(-n3c4cccc5ccc6c(-c7ccc8c(c7)c7ccccc7n8-c7nc(-c8cccc9ccccc89)cc(-c8cccc9ccccc89)n7)ccc3c6c54)cc2)cc1. The molecule has 14 aromatic rings. The van der Waals surface area contributed by atoms with Gasteiger partial charge in [-0.2, -0.15) is 0 Å². The van der Waals surface area contributed by atoms with Crippen molar-refractivity contribution in [1.82, 2.24) is 19.1 Å². The molecular formula is C62H38N4. The van der Waals surface area contributed by atoms with E-state index < -0.39 is 0 Å². The van der Waals surface area contributed by atoms with E-state index >= 15 is 0 Å². The van der Waals surface area contributed by atoms with Gasteiger partial charge in [-0.3, -0.25) is 4.57 Å². The fourth-order valence-corrected chi connectivity index (χ4v) is 10.7. The molecule has 306 valence electrons. The molecule has 3 aromatic heterocycles. The number of fused-ring (bicyclic) bond motifs is 5. The second-order valence-corrected chi connectivity index (χ2v) is 17.3. The summed E-state index contributed by atoms with van der Waals surface area (Å²) in [4.78, 5) is 10.9. The molecule has 0 spiro atoms. The first-order chi connectivity index (χ1) is 32.7. The number of hydrogen-bond donors (Lipinski definition) is 0. The topological polar surface area (TPSA) is 35.6 Å². The van der Waals surface area contributed by atoms with Crippen LogP contribution in [0.3, 0.4) is 0 Å². The Balaban J connectivity index is 0.964. The van der Waals surface area contributed by atoms with Crippen molar-refractivity contribution in [3.8, 4) is 56.4 Å². The van der Waals surface area contributed by atoms with Crippen molar-refractivity contribution in [3.63, 3.8) is 0 Å². The van der Waals surface area contributed by atoms with Gasteiger partial charge < -0.3 is 4.57 Å². The second-order valence-electron chi connectivity index (χ2n) is 17.3. The van der Waals surface area contributed by atoms with Crippen molar-refractivity contribution in [1.29, 1.82) is 0 Å². The van der Waals surface area contributed by atoms with Gasteiger partial charge in [0, 0.05) is 38.4 Å². The third-order valence-corrected chi connectivity index (χ3v) is 13.7. The van der Waals surface area contributed by atoms with Crippen LogP contribution in [-0.2, 0) is 0 Å². The number of benzene rings is 11. The molecule has 0 fully saturated rings. The van der Waals surface area contributed by atoms with Crippen LogP contribution in [0, 0.1) is 0 Å². The minimum atomic E-state index is 0.638. The highest BCUT2D eigenvalue weighted by atomic mass is 15.2. The number of hydrogen-bond acceptors (Lipinski definition) is 2. The van der Waals surface area contributed by atoms with Gasteiger partial charge in [-0.1, -0.05) is 182 Å². The molecule has 3 heterocycles. The largest absolute Gasteiger partial charge is 0.309 e. The van der Waals surface area contributed by atoms with Gasteiger partial charge in [0.25, 0.3) is 0 Å². The van der Waals surface area contributed by atoms with E-state index in [0.717, 1.165) is 60.8 Å². The Labute approximate surface area is 380 Å². The van der Waals surface area contributed by atoms with Gasteiger partial charge in [-0.25, -0.2) is 9.97 Å². The smallest absolute Gasteiger partial charge is 0.235 e. The summed E-state index contributed by atoms with van der Waals surface area (Å²) in [5, 5.41) is 12.0. The average molecular weight is 839 g/mol. The third kappa shape index (κ3) is 5.52. The molecule has 11 aromatic carbocycles. The van der Waals surface area contributed by atoms with E-state index in [9.17, 15) is 0 Å². The Morgan fingerprint density at radius 1 is 0.273 bits per heavy atom. The Bertz CT molecular complexity index is 4110. The molecule has 14 rings (SSSR count). The zero-order chi connectivity index (χ0) is 43.3. The van der Waals surface area contributed by atoms with Crippen LogP contribution in [0.1, 0.15) is 0 Å². The van der Waals surface area contributed by atoms with E-state index in [0.29, 0.717) is 5.95 Å². The molecule has 0 N–H and O–H groups in total. The first-order valence-electron chi connectivity index (χ1n) is 22.6. The quantitative estimate of drug-likeness (QED) is 0.156. The first kappa shape index (κ1) is 36.6. The van der Waals surface area contributed by atoms with E-state index in [1.165, 1.54) is 65.6 Å². The third-order valence-electron chi connectivity index (χ3n) is 13.7. The van der Waals surface area contributed by atoms with Crippen LogP contribution in [0.5, 0.6) is 0 Å². The summed E-state index contributed by atoms with van der Waals surface area (Å²) in [6, 6.07) is 83.3. The summed E-state index contributed by atoms with van der Waals surface area (Å²) >= 11 is 0. The summed E-state index contributed by atoms with van der Waals surface area (Å²) in [5.74, 6) is 0.638. The maximum Gasteiger partial charge on any atom is 0.235 e. The Morgan fingerprint density at radius 2 is 0.818 bits per heavy atom. The molecule has 0 radical (unpaired) electrons. The van der Waals surface area contributed by atoms with Crippen molar-refractivity contribution in [3.05, 3.63) is 231 Å². The predicted molar refractivity (Wildman–Crippen MR) is 276 cm³/mol. The van der Waals surface area contributed by atoms with Crippen LogP contribution < -0.4 is 0 Å². The zero-order valence-electron chi connectivity index (χ0n) is 35.7. The van der Waals surface area contributed by atoms with E-state index in [1.54, 1.807) is 0 Å². The molecule has 0 unspecified atom stereocenters. The molecule has 0 saturated carbocycles. The highest BCUT2D eigenvalue weighted by molar-refractivity contribution is 6.27. The second kappa shape index (κ2) is 14.3. The summed E-state index contributed by atoms with van der Waals surface area (Å²) in [6.45, 7) is 0. The summed E-state index contributed by atoms with van der Waals surface area (Å²) in [5.41, 5.74) is 14.4. The van der Waals surface area contributed by atoms with Crippen LogP contribution in [0.15, 0.2) is 231 Å². The summed E-state index contributed by atoms with van der Waals surface area (Å²) in [6.07, 6.45) is 0. The lowest BCUT2D eigenvalue weighted by molar-refractivity contribution is 0.997. The van der Waals surface area contributed by atoms with Crippen molar-refractivity contribution in [2.45, 2.75) is 0 Å². The molecule has 0 aliphatic heterocycles.